The van der Waals surface area contributed by atoms with Gasteiger partial charge < -0.3 is 0 Å². The summed E-state index contributed by atoms with van der Waals surface area (Å²) in [5.74, 6) is 4.58. The van der Waals surface area contributed by atoms with Gasteiger partial charge in [0.1, 0.15) is 0 Å². The van der Waals surface area contributed by atoms with Gasteiger partial charge in [-0.3, -0.25) is 0 Å². The molecule has 1 saturated carbocycles. The number of carbonyl (C=O) groups excluding carboxylic acids is 1. The van der Waals surface area contributed by atoms with E-state index in [1.54, 1.807) is 18.2 Å². The molecule has 0 bridgehead atoms. The van der Waals surface area contributed by atoms with E-state index in [9.17, 15) is 19.8 Å². The van der Waals surface area contributed by atoms with Crippen molar-refractivity contribution in [3.8, 4) is 11.5 Å². The molecule has 0 spiro atoms. The van der Waals surface area contributed by atoms with Crippen LogP contribution in [0, 0.1) is 0 Å². The first-order valence-corrected chi connectivity index (χ1v) is 26.3. The number of benzene rings is 2. The number of aromatic hydroxyl groups is 1. The van der Waals surface area contributed by atoms with Gasteiger partial charge in [0.05, 0.1) is 0 Å². The van der Waals surface area contributed by atoms with E-state index in [2.05, 4.69) is 0 Å². The van der Waals surface area contributed by atoms with Crippen molar-refractivity contribution in [3.05, 3.63) is 58.7 Å². The number of phenolic OH excluding ortho intramolecular Hbond substituents is 1. The second kappa shape index (κ2) is 10.3. The van der Waals surface area contributed by atoms with Gasteiger partial charge >= 0.3 is 228 Å². The SMILES string of the molecule is O=C(O)c1ccccc1C1=C2CCC(=O)C([As]3SCCS3)C2Oc2c1ccc(O)c2[As]1SCCS1. The van der Waals surface area contributed by atoms with Crippen LogP contribution >= 0.6 is 40.1 Å². The molecule has 2 atom stereocenters. The molecule has 35 heavy (non-hydrogen) atoms. The molecule has 3 aliphatic heterocycles. The summed E-state index contributed by atoms with van der Waals surface area (Å²) >= 11 is -3.22. The molecule has 3 fully saturated rings. The quantitative estimate of drug-likeness (QED) is 0.457. The number of Topliss-reactive ketones (excluding diaryl/α,β-unsaturated/α-hetero) is 1. The Balaban J connectivity index is 1.61. The van der Waals surface area contributed by atoms with Gasteiger partial charge in [-0.05, 0) is 0 Å². The zero-order chi connectivity index (χ0) is 24.1. The van der Waals surface area contributed by atoms with Crippen LogP contribution in [-0.4, -0.2) is 75.8 Å². The summed E-state index contributed by atoms with van der Waals surface area (Å²) in [6, 6.07) is 10.8. The first-order chi connectivity index (χ1) is 17.0. The molecule has 5 nitrogen and oxygen atoms in total. The fourth-order valence-corrected chi connectivity index (χ4v) is 36.3. The minimum absolute atomic E-state index is 0.134. The molecular formula is C24H22As2O5S4. The van der Waals surface area contributed by atoms with Gasteiger partial charge in [-0.2, -0.15) is 0 Å². The maximum atomic E-state index is 13.3. The normalized spacial score (nSPS) is 24.9. The Morgan fingerprint density at radius 1 is 0.943 bits per heavy atom. The van der Waals surface area contributed by atoms with E-state index in [-0.39, 0.29) is 22.1 Å². The van der Waals surface area contributed by atoms with Crippen molar-refractivity contribution in [1.82, 2.24) is 0 Å². The van der Waals surface area contributed by atoms with Crippen molar-refractivity contribution < 1.29 is 24.5 Å². The molecule has 2 aromatic rings. The van der Waals surface area contributed by atoms with Crippen molar-refractivity contribution in [3.63, 3.8) is 0 Å². The van der Waals surface area contributed by atoms with Gasteiger partial charge in [0.25, 0.3) is 0 Å². The number of carbonyl (C=O) groups is 2. The van der Waals surface area contributed by atoms with Crippen LogP contribution in [0.3, 0.4) is 0 Å². The van der Waals surface area contributed by atoms with Gasteiger partial charge in [0.15, 0.2) is 0 Å². The Labute approximate surface area is 226 Å². The molecule has 2 unspecified atom stereocenters. The van der Waals surface area contributed by atoms with Gasteiger partial charge in [-0.15, -0.1) is 0 Å². The number of aromatic carboxylic acids is 1. The van der Waals surface area contributed by atoms with Crippen LogP contribution < -0.4 is 9.09 Å². The van der Waals surface area contributed by atoms with Crippen LogP contribution in [0.1, 0.15) is 34.3 Å². The average molecular weight is 669 g/mol. The van der Waals surface area contributed by atoms with Gasteiger partial charge in [0.2, 0.25) is 0 Å². The zero-order valence-corrected chi connectivity index (χ0v) is 25.5. The molecule has 2 aromatic carbocycles. The van der Waals surface area contributed by atoms with E-state index in [1.807, 2.05) is 58.3 Å². The van der Waals surface area contributed by atoms with Gasteiger partial charge in [-0.25, -0.2) is 0 Å². The topological polar surface area (TPSA) is 83.8 Å². The van der Waals surface area contributed by atoms with Crippen molar-refractivity contribution in [2.45, 2.75) is 23.7 Å². The molecule has 1 aliphatic carbocycles. The van der Waals surface area contributed by atoms with Crippen molar-refractivity contribution in [2.24, 2.45) is 0 Å². The van der Waals surface area contributed by atoms with Crippen molar-refractivity contribution >= 4 is 86.5 Å². The molecule has 4 aliphatic rings. The molecule has 0 aromatic heterocycles. The molecular weight excluding hydrogens is 646 g/mol. The molecule has 0 amide bonds. The van der Waals surface area contributed by atoms with E-state index in [4.69, 9.17) is 4.74 Å². The number of ether oxygens (including phenoxy) is 1. The van der Waals surface area contributed by atoms with Crippen LogP contribution in [-0.2, 0) is 4.79 Å². The molecule has 3 heterocycles. The number of fused-ring (bicyclic) bond motifs is 2. The molecule has 6 rings (SSSR count). The summed E-state index contributed by atoms with van der Waals surface area (Å²) in [5.41, 5.74) is 3.76. The maximum absolute atomic E-state index is 13.3. The number of carboxylic acid groups (broad SMARTS) is 1. The van der Waals surface area contributed by atoms with Crippen LogP contribution in [0.25, 0.3) is 5.57 Å². The minimum atomic E-state index is -1.65. The number of hydrogen-bond donors (Lipinski definition) is 2. The summed E-state index contributed by atoms with van der Waals surface area (Å²) in [4.78, 5) is 25.6. The van der Waals surface area contributed by atoms with Crippen LogP contribution in [0.2, 0.25) is 4.71 Å². The van der Waals surface area contributed by atoms with Crippen LogP contribution in [0.4, 0.5) is 0 Å². The van der Waals surface area contributed by atoms with Gasteiger partial charge in [0, 0.05) is 0 Å². The molecule has 2 saturated heterocycles. The predicted molar refractivity (Wildman–Crippen MR) is 151 cm³/mol. The third kappa shape index (κ3) is 4.42. The van der Waals surface area contributed by atoms with E-state index in [0.717, 1.165) is 44.1 Å². The molecule has 182 valence electrons. The predicted octanol–water partition coefficient (Wildman–Crippen LogP) is 4.53. The number of phenols is 1. The third-order valence-electron chi connectivity index (χ3n) is 6.40. The molecule has 2 N–H and O–H groups in total. The zero-order valence-electron chi connectivity index (χ0n) is 18.5. The van der Waals surface area contributed by atoms with E-state index < -0.39 is 30.6 Å². The summed E-state index contributed by atoms with van der Waals surface area (Å²) < 4.78 is 7.62. The standard InChI is InChI=1S/C24H22As2O5S4/c27-17-7-5-15-19(13-3-1-2-4-14(13)24(29)30)16-6-8-18(28)21(26-34-11-12-35-26)23(16)31-22(15)20(17)25-32-9-10-33-25/h1-5,7,21,23,27H,6,8-12H2,(H,29,30). The van der Waals surface area contributed by atoms with E-state index >= 15 is 0 Å². The molecule has 11 heteroatoms. The number of hydrogen-bond acceptors (Lipinski definition) is 8. The van der Waals surface area contributed by atoms with Crippen molar-refractivity contribution in [2.75, 3.05) is 23.0 Å². The first kappa shape index (κ1) is 24.8. The first-order valence-electron chi connectivity index (χ1n) is 11.3. The van der Waals surface area contributed by atoms with Gasteiger partial charge in [-0.1, -0.05) is 0 Å². The summed E-state index contributed by atoms with van der Waals surface area (Å²) in [6.45, 7) is 0. The Morgan fingerprint density at radius 3 is 2.40 bits per heavy atom. The fraction of sp³-hybridized carbons (Fsp3) is 0.333. The van der Waals surface area contributed by atoms with E-state index in [1.165, 1.54) is 0 Å². The summed E-state index contributed by atoms with van der Waals surface area (Å²) in [6.07, 6.45) is 0.696. The number of ketones is 1. The monoisotopic (exact) mass is 668 g/mol. The number of rotatable bonds is 4. The average Bonchev–Trinajstić information content (AvgIpc) is 3.57. The Kier molecular flexibility index (Phi) is 7.29. The Bertz CT molecular complexity index is 1240. The second-order valence-electron chi connectivity index (χ2n) is 8.39. The van der Waals surface area contributed by atoms with E-state index in [0.29, 0.717) is 29.9 Å². The van der Waals surface area contributed by atoms with Crippen LogP contribution in [0.15, 0.2) is 42.0 Å². The summed E-state index contributed by atoms with van der Waals surface area (Å²) in [7, 11) is 7.81. The summed E-state index contributed by atoms with van der Waals surface area (Å²) in [5, 5.41) is 21.0. The molecule has 0 radical (unpaired) electrons. The Morgan fingerprint density at radius 2 is 1.66 bits per heavy atom. The number of carboxylic acids is 1. The fourth-order valence-electron chi connectivity index (χ4n) is 4.96. The second-order valence-corrected chi connectivity index (χ2v) is 32.2. The Hall–Kier alpha value is -0.563. The van der Waals surface area contributed by atoms with Crippen LogP contribution in [0.5, 0.6) is 11.5 Å². The van der Waals surface area contributed by atoms with Crippen molar-refractivity contribution in [1.29, 1.82) is 0 Å². The third-order valence-corrected chi connectivity index (χ3v) is 34.8.